The van der Waals surface area contributed by atoms with Crippen molar-refractivity contribution in [1.82, 2.24) is 5.32 Å². The van der Waals surface area contributed by atoms with Gasteiger partial charge in [-0.2, -0.15) is 0 Å². The lowest BCUT2D eigenvalue weighted by atomic mass is 10.0. The van der Waals surface area contributed by atoms with Gasteiger partial charge in [0.25, 0.3) is 0 Å². The number of nitrogens with one attached hydrogen (secondary N) is 1. The molecule has 2 N–H and O–H groups in total. The van der Waals surface area contributed by atoms with Crippen LogP contribution in [-0.2, 0) is 4.74 Å². The van der Waals surface area contributed by atoms with Crippen LogP contribution in [0.15, 0.2) is 5.16 Å². The molecule has 0 aromatic heterocycles. The second-order valence-corrected chi connectivity index (χ2v) is 5.59. The van der Waals surface area contributed by atoms with Gasteiger partial charge in [-0.25, -0.2) is 4.79 Å². The normalized spacial score (nSPS) is 25.8. The van der Waals surface area contributed by atoms with E-state index in [1.807, 2.05) is 20.8 Å². The van der Waals surface area contributed by atoms with Crippen molar-refractivity contribution in [1.29, 1.82) is 0 Å². The SMILES string of the molecule is C/C(=N\O)[C@@H]1CC[C@H](NC(=O)OC(C)(C)C)C1. The third-order valence-corrected chi connectivity index (χ3v) is 2.90. The molecule has 1 saturated carbocycles. The molecular formula is C12H22N2O3. The molecule has 1 amide bonds. The van der Waals surface area contributed by atoms with Gasteiger partial charge in [0.2, 0.25) is 0 Å². The van der Waals surface area contributed by atoms with Gasteiger partial charge in [0, 0.05) is 12.0 Å². The summed E-state index contributed by atoms with van der Waals surface area (Å²) >= 11 is 0. The van der Waals surface area contributed by atoms with Gasteiger partial charge in [-0.05, 0) is 47.0 Å². The molecule has 1 aliphatic carbocycles. The first kappa shape index (κ1) is 13.8. The molecular weight excluding hydrogens is 220 g/mol. The van der Waals surface area contributed by atoms with Crippen molar-refractivity contribution in [3.8, 4) is 0 Å². The molecule has 1 rings (SSSR count). The Morgan fingerprint density at radius 1 is 1.41 bits per heavy atom. The minimum Gasteiger partial charge on any atom is -0.444 e. The van der Waals surface area contributed by atoms with Gasteiger partial charge >= 0.3 is 6.09 Å². The Morgan fingerprint density at radius 3 is 2.59 bits per heavy atom. The number of carbonyl (C=O) groups excluding carboxylic acids is 1. The van der Waals surface area contributed by atoms with Crippen molar-refractivity contribution in [3.63, 3.8) is 0 Å². The van der Waals surface area contributed by atoms with Crippen molar-refractivity contribution >= 4 is 11.8 Å². The zero-order chi connectivity index (χ0) is 13.1. The Kier molecular flexibility index (Phi) is 4.37. The number of hydrogen-bond donors (Lipinski definition) is 2. The summed E-state index contributed by atoms with van der Waals surface area (Å²) in [6, 6.07) is 0.117. The van der Waals surface area contributed by atoms with E-state index in [1.54, 1.807) is 6.92 Å². The maximum absolute atomic E-state index is 11.5. The van der Waals surface area contributed by atoms with E-state index in [-0.39, 0.29) is 18.1 Å². The van der Waals surface area contributed by atoms with E-state index >= 15 is 0 Å². The first-order chi connectivity index (χ1) is 7.81. The van der Waals surface area contributed by atoms with Gasteiger partial charge in [0.1, 0.15) is 5.60 Å². The summed E-state index contributed by atoms with van der Waals surface area (Å²) in [5, 5.41) is 14.8. The average Bonchev–Trinajstić information content (AvgIpc) is 2.62. The second kappa shape index (κ2) is 5.38. The Hall–Kier alpha value is -1.26. The number of oxime groups is 1. The van der Waals surface area contributed by atoms with Crippen LogP contribution in [-0.4, -0.2) is 28.7 Å². The lowest BCUT2D eigenvalue weighted by Gasteiger charge is -2.21. The third-order valence-electron chi connectivity index (χ3n) is 2.90. The molecule has 5 nitrogen and oxygen atoms in total. The summed E-state index contributed by atoms with van der Waals surface area (Å²) < 4.78 is 5.19. The largest absolute Gasteiger partial charge is 0.444 e. The Bertz CT molecular complexity index is 307. The van der Waals surface area contributed by atoms with E-state index in [4.69, 9.17) is 9.94 Å². The van der Waals surface area contributed by atoms with E-state index in [9.17, 15) is 4.79 Å². The van der Waals surface area contributed by atoms with E-state index < -0.39 is 5.60 Å². The van der Waals surface area contributed by atoms with Crippen molar-refractivity contribution in [2.45, 2.75) is 58.6 Å². The number of alkyl carbamates (subject to hydrolysis) is 1. The van der Waals surface area contributed by atoms with Crippen LogP contribution in [0.5, 0.6) is 0 Å². The molecule has 1 aliphatic rings. The van der Waals surface area contributed by atoms with Crippen LogP contribution in [0.2, 0.25) is 0 Å². The predicted molar refractivity (Wildman–Crippen MR) is 65.4 cm³/mol. The number of carbonyl (C=O) groups is 1. The van der Waals surface area contributed by atoms with Crippen LogP contribution >= 0.6 is 0 Å². The fourth-order valence-corrected chi connectivity index (χ4v) is 2.05. The Balaban J connectivity index is 2.38. The molecule has 0 unspecified atom stereocenters. The first-order valence-corrected chi connectivity index (χ1v) is 6.00. The molecule has 0 aromatic rings. The fourth-order valence-electron chi connectivity index (χ4n) is 2.05. The van der Waals surface area contributed by atoms with Gasteiger partial charge in [-0.3, -0.25) is 0 Å². The number of rotatable bonds is 2. The maximum atomic E-state index is 11.5. The minimum atomic E-state index is -0.468. The molecule has 0 spiro atoms. The number of hydrogen-bond acceptors (Lipinski definition) is 4. The summed E-state index contributed by atoms with van der Waals surface area (Å²) in [5.41, 5.74) is 0.267. The second-order valence-electron chi connectivity index (χ2n) is 5.59. The highest BCUT2D eigenvalue weighted by atomic mass is 16.6. The maximum Gasteiger partial charge on any atom is 0.407 e. The van der Waals surface area contributed by atoms with E-state index in [0.29, 0.717) is 0 Å². The highest BCUT2D eigenvalue weighted by Gasteiger charge is 2.29. The summed E-state index contributed by atoms with van der Waals surface area (Å²) in [4.78, 5) is 11.5. The Morgan fingerprint density at radius 2 is 2.06 bits per heavy atom. The van der Waals surface area contributed by atoms with Crippen LogP contribution in [0.25, 0.3) is 0 Å². The predicted octanol–water partition coefficient (Wildman–Crippen LogP) is 2.53. The van der Waals surface area contributed by atoms with Crippen molar-refractivity contribution < 1.29 is 14.7 Å². The standard InChI is InChI=1S/C12H22N2O3/c1-8(14-16)9-5-6-10(7-9)13-11(15)17-12(2,3)4/h9-10,16H,5-7H2,1-4H3,(H,13,15)/b14-8+/t9-,10+/m1/s1. The third kappa shape index (κ3) is 4.63. The molecule has 0 heterocycles. The molecule has 0 aromatic carbocycles. The molecule has 5 heteroatoms. The van der Waals surface area contributed by atoms with Gasteiger partial charge < -0.3 is 15.3 Å². The molecule has 0 radical (unpaired) electrons. The van der Waals surface area contributed by atoms with Crippen LogP contribution in [0, 0.1) is 5.92 Å². The minimum absolute atomic E-state index is 0.117. The van der Waals surface area contributed by atoms with Gasteiger partial charge in [-0.1, -0.05) is 5.16 Å². The highest BCUT2D eigenvalue weighted by Crippen LogP contribution is 2.27. The number of nitrogens with zero attached hydrogens (tertiary/aromatic N) is 1. The Labute approximate surface area is 102 Å². The smallest absolute Gasteiger partial charge is 0.407 e. The summed E-state index contributed by atoms with van der Waals surface area (Å²) in [6.07, 6.45) is 2.28. The molecule has 98 valence electrons. The lowest BCUT2D eigenvalue weighted by molar-refractivity contribution is 0.0505. The van der Waals surface area contributed by atoms with Crippen LogP contribution < -0.4 is 5.32 Å². The topological polar surface area (TPSA) is 70.9 Å². The van der Waals surface area contributed by atoms with Crippen LogP contribution in [0.4, 0.5) is 4.79 Å². The molecule has 2 atom stereocenters. The fraction of sp³-hybridized carbons (Fsp3) is 0.833. The molecule has 0 bridgehead atoms. The summed E-state index contributed by atoms with van der Waals surface area (Å²) in [7, 11) is 0. The summed E-state index contributed by atoms with van der Waals surface area (Å²) in [5.74, 6) is 0.264. The molecule has 0 aliphatic heterocycles. The van der Waals surface area contributed by atoms with E-state index in [0.717, 1.165) is 25.0 Å². The average molecular weight is 242 g/mol. The lowest BCUT2D eigenvalue weighted by Crippen LogP contribution is -2.38. The monoisotopic (exact) mass is 242 g/mol. The molecule has 0 saturated heterocycles. The van der Waals surface area contributed by atoms with E-state index in [1.165, 1.54) is 0 Å². The number of ether oxygens (including phenoxy) is 1. The zero-order valence-electron chi connectivity index (χ0n) is 11.0. The van der Waals surface area contributed by atoms with Gasteiger partial charge in [0.05, 0.1) is 5.71 Å². The number of amides is 1. The van der Waals surface area contributed by atoms with E-state index in [2.05, 4.69) is 10.5 Å². The molecule has 17 heavy (non-hydrogen) atoms. The first-order valence-electron chi connectivity index (χ1n) is 6.00. The van der Waals surface area contributed by atoms with Gasteiger partial charge in [0.15, 0.2) is 0 Å². The highest BCUT2D eigenvalue weighted by molar-refractivity contribution is 5.84. The van der Waals surface area contributed by atoms with Crippen LogP contribution in [0.3, 0.4) is 0 Å². The molecule has 1 fully saturated rings. The van der Waals surface area contributed by atoms with Crippen LogP contribution in [0.1, 0.15) is 47.0 Å². The van der Waals surface area contributed by atoms with Crippen molar-refractivity contribution in [2.75, 3.05) is 0 Å². The van der Waals surface area contributed by atoms with Crippen molar-refractivity contribution in [2.24, 2.45) is 11.1 Å². The quantitative estimate of drug-likeness (QED) is 0.444. The summed E-state index contributed by atoms with van der Waals surface area (Å²) in [6.45, 7) is 7.33. The zero-order valence-corrected chi connectivity index (χ0v) is 11.0. The van der Waals surface area contributed by atoms with Crippen molar-refractivity contribution in [3.05, 3.63) is 0 Å². The van der Waals surface area contributed by atoms with Gasteiger partial charge in [-0.15, -0.1) is 0 Å².